The molecule has 2 N–H and O–H groups in total. The highest BCUT2D eigenvalue weighted by molar-refractivity contribution is 6.33. The number of rotatable bonds is 3. The van der Waals surface area contributed by atoms with Crippen LogP contribution in [0, 0.1) is 0 Å². The van der Waals surface area contributed by atoms with Gasteiger partial charge in [0.15, 0.2) is 5.82 Å². The number of hydrogen-bond acceptors (Lipinski definition) is 5. The summed E-state index contributed by atoms with van der Waals surface area (Å²) in [6.45, 7) is 1.30. The number of anilines is 2. The molecule has 9 heteroatoms. The number of aromatic nitrogens is 4. The minimum atomic E-state index is -0.129. The van der Waals surface area contributed by atoms with Gasteiger partial charge >= 0.3 is 6.03 Å². The van der Waals surface area contributed by atoms with E-state index in [0.717, 1.165) is 24.2 Å². The smallest absolute Gasteiger partial charge is 0.321 e. The van der Waals surface area contributed by atoms with Gasteiger partial charge in [-0.25, -0.2) is 4.79 Å². The van der Waals surface area contributed by atoms with Crippen molar-refractivity contribution in [1.29, 1.82) is 0 Å². The summed E-state index contributed by atoms with van der Waals surface area (Å²) in [5.41, 5.74) is 1.58. The summed E-state index contributed by atoms with van der Waals surface area (Å²) in [4.78, 5) is 16.2. The van der Waals surface area contributed by atoms with Crippen LogP contribution >= 0.6 is 11.6 Å². The Morgan fingerprint density at radius 3 is 3.00 bits per heavy atom. The van der Waals surface area contributed by atoms with Crippen LogP contribution < -0.4 is 10.2 Å². The molecule has 3 rings (SSSR count). The van der Waals surface area contributed by atoms with E-state index >= 15 is 0 Å². The van der Waals surface area contributed by atoms with Crippen LogP contribution in [0.25, 0.3) is 0 Å². The van der Waals surface area contributed by atoms with Gasteiger partial charge in [0.1, 0.15) is 0 Å². The van der Waals surface area contributed by atoms with E-state index in [1.165, 1.54) is 0 Å². The van der Waals surface area contributed by atoms with Gasteiger partial charge in [0.25, 0.3) is 0 Å². The molecule has 1 unspecified atom stereocenters. The molecule has 1 aromatic heterocycles. The number of hydrogen-bond donors (Lipinski definition) is 2. The van der Waals surface area contributed by atoms with Crippen LogP contribution in [-0.4, -0.2) is 58.7 Å². The summed E-state index contributed by atoms with van der Waals surface area (Å²) >= 11 is 6.17. The number of halogens is 1. The van der Waals surface area contributed by atoms with Crippen LogP contribution in [0.1, 0.15) is 24.6 Å². The molecule has 0 bridgehead atoms. The van der Waals surface area contributed by atoms with Gasteiger partial charge < -0.3 is 15.1 Å². The van der Waals surface area contributed by atoms with Gasteiger partial charge in [-0.3, -0.25) is 0 Å². The van der Waals surface area contributed by atoms with Crippen molar-refractivity contribution in [3.05, 3.63) is 29.0 Å². The number of piperidine rings is 1. The highest BCUT2D eigenvalue weighted by atomic mass is 35.5. The first-order valence-electron chi connectivity index (χ1n) is 7.80. The summed E-state index contributed by atoms with van der Waals surface area (Å²) in [6.07, 6.45) is 1.87. The highest BCUT2D eigenvalue weighted by Gasteiger charge is 2.27. The normalized spacial score (nSPS) is 17.6. The molecule has 0 radical (unpaired) electrons. The lowest BCUT2D eigenvalue weighted by molar-refractivity contribution is 0.191. The van der Waals surface area contributed by atoms with E-state index in [-0.39, 0.29) is 11.9 Å². The molecule has 1 aromatic carbocycles. The van der Waals surface area contributed by atoms with Gasteiger partial charge in [-0.05, 0) is 31.0 Å². The molecule has 1 aliphatic rings. The lowest BCUT2D eigenvalue weighted by atomic mass is 9.98. The monoisotopic (exact) mass is 349 g/mol. The predicted octanol–water partition coefficient (Wildman–Crippen LogP) is 2.33. The summed E-state index contributed by atoms with van der Waals surface area (Å²) in [6, 6.07) is 5.31. The maximum absolute atomic E-state index is 12.6. The van der Waals surface area contributed by atoms with Crippen molar-refractivity contribution in [2.75, 3.05) is 37.4 Å². The molecule has 1 aliphatic heterocycles. The Hall–Kier alpha value is -2.35. The maximum Gasteiger partial charge on any atom is 0.321 e. The van der Waals surface area contributed by atoms with E-state index in [1.807, 2.05) is 25.1 Å². The van der Waals surface area contributed by atoms with Gasteiger partial charge in [-0.2, -0.15) is 5.21 Å². The van der Waals surface area contributed by atoms with E-state index in [4.69, 9.17) is 11.6 Å². The first-order valence-corrected chi connectivity index (χ1v) is 8.18. The summed E-state index contributed by atoms with van der Waals surface area (Å²) in [5, 5.41) is 17.7. The average molecular weight is 350 g/mol. The van der Waals surface area contributed by atoms with Gasteiger partial charge in [0.2, 0.25) is 0 Å². The van der Waals surface area contributed by atoms with Crippen LogP contribution in [0.4, 0.5) is 16.2 Å². The molecule has 0 saturated carbocycles. The Morgan fingerprint density at radius 2 is 2.29 bits per heavy atom. The molecule has 128 valence electrons. The molecule has 1 fully saturated rings. The topological polar surface area (TPSA) is 90.0 Å². The lowest BCUT2D eigenvalue weighted by Gasteiger charge is -2.31. The van der Waals surface area contributed by atoms with E-state index in [1.54, 1.807) is 17.0 Å². The fraction of sp³-hybridized carbons (Fsp3) is 0.467. The molecule has 24 heavy (non-hydrogen) atoms. The third-order valence-electron chi connectivity index (χ3n) is 4.11. The van der Waals surface area contributed by atoms with E-state index in [9.17, 15) is 4.79 Å². The number of aromatic amines is 1. The number of likely N-dealkylation sites (tertiary alicyclic amines) is 1. The fourth-order valence-corrected chi connectivity index (χ4v) is 3.14. The number of amides is 2. The second-order valence-electron chi connectivity index (χ2n) is 6.05. The third kappa shape index (κ3) is 3.59. The van der Waals surface area contributed by atoms with Crippen molar-refractivity contribution in [3.8, 4) is 0 Å². The third-order valence-corrected chi connectivity index (χ3v) is 4.43. The van der Waals surface area contributed by atoms with Crippen molar-refractivity contribution in [3.63, 3.8) is 0 Å². The number of benzene rings is 1. The van der Waals surface area contributed by atoms with Crippen molar-refractivity contribution in [1.82, 2.24) is 25.5 Å². The molecule has 2 heterocycles. The fourth-order valence-electron chi connectivity index (χ4n) is 2.85. The molecule has 1 atom stereocenters. The van der Waals surface area contributed by atoms with Crippen LogP contribution in [0.3, 0.4) is 0 Å². The first kappa shape index (κ1) is 16.5. The first-order chi connectivity index (χ1) is 11.5. The van der Waals surface area contributed by atoms with Crippen LogP contribution in [0.15, 0.2) is 18.2 Å². The van der Waals surface area contributed by atoms with Crippen LogP contribution in [0.5, 0.6) is 0 Å². The SMILES string of the molecule is CN(C)c1cc(NC(=O)N2CCCC(c3nn[nH]n3)C2)ccc1Cl. The average Bonchev–Trinajstić information content (AvgIpc) is 3.11. The zero-order valence-electron chi connectivity index (χ0n) is 13.7. The van der Waals surface area contributed by atoms with E-state index in [2.05, 4.69) is 25.9 Å². The zero-order valence-corrected chi connectivity index (χ0v) is 14.4. The predicted molar refractivity (Wildman–Crippen MR) is 92.5 cm³/mol. The van der Waals surface area contributed by atoms with Crippen molar-refractivity contribution in [2.24, 2.45) is 0 Å². The summed E-state index contributed by atoms with van der Waals surface area (Å²) < 4.78 is 0. The molecule has 8 nitrogen and oxygen atoms in total. The maximum atomic E-state index is 12.6. The second-order valence-corrected chi connectivity index (χ2v) is 6.45. The minimum absolute atomic E-state index is 0.116. The standard InChI is InChI=1S/C15H20ClN7O/c1-22(2)13-8-11(5-6-12(13)16)17-15(24)23-7-3-4-10(9-23)14-18-20-21-19-14/h5-6,8,10H,3-4,7,9H2,1-2H3,(H,17,24)(H,18,19,20,21). The van der Waals surface area contributed by atoms with Crippen molar-refractivity contribution in [2.45, 2.75) is 18.8 Å². The Labute approximate surface area is 145 Å². The number of tetrazole rings is 1. The van der Waals surface area contributed by atoms with Crippen molar-refractivity contribution < 1.29 is 4.79 Å². The Bertz CT molecular complexity index is 704. The molecule has 2 aromatic rings. The summed E-state index contributed by atoms with van der Waals surface area (Å²) in [7, 11) is 3.82. The largest absolute Gasteiger partial charge is 0.376 e. The summed E-state index contributed by atoms with van der Waals surface area (Å²) in [5.74, 6) is 0.777. The number of carbonyl (C=O) groups is 1. The van der Waals surface area contributed by atoms with Crippen LogP contribution in [0.2, 0.25) is 5.02 Å². The van der Waals surface area contributed by atoms with E-state index in [0.29, 0.717) is 23.9 Å². The Balaban J connectivity index is 1.67. The van der Waals surface area contributed by atoms with Crippen LogP contribution in [-0.2, 0) is 0 Å². The molecular formula is C15H20ClN7O. The lowest BCUT2D eigenvalue weighted by Crippen LogP contribution is -2.41. The quantitative estimate of drug-likeness (QED) is 0.887. The van der Waals surface area contributed by atoms with Gasteiger partial charge in [-0.15, -0.1) is 10.2 Å². The minimum Gasteiger partial charge on any atom is -0.376 e. The zero-order chi connectivity index (χ0) is 17.1. The second kappa shape index (κ2) is 7.04. The molecule has 1 saturated heterocycles. The molecule has 0 spiro atoms. The number of carbonyl (C=O) groups excluding carboxylic acids is 1. The number of urea groups is 1. The molecule has 0 aliphatic carbocycles. The van der Waals surface area contributed by atoms with Gasteiger partial charge in [-0.1, -0.05) is 16.8 Å². The van der Waals surface area contributed by atoms with E-state index < -0.39 is 0 Å². The van der Waals surface area contributed by atoms with Gasteiger partial charge in [0, 0.05) is 38.8 Å². The van der Waals surface area contributed by atoms with Gasteiger partial charge in [0.05, 0.1) is 10.7 Å². The number of H-pyrrole nitrogens is 1. The Kier molecular flexibility index (Phi) is 4.84. The number of nitrogens with one attached hydrogen (secondary N) is 2. The molecular weight excluding hydrogens is 330 g/mol. The highest BCUT2D eigenvalue weighted by Crippen LogP contribution is 2.28. The Morgan fingerprint density at radius 1 is 1.46 bits per heavy atom. The molecule has 2 amide bonds. The number of nitrogens with zero attached hydrogens (tertiary/aromatic N) is 5. The van der Waals surface area contributed by atoms with Crippen molar-refractivity contribution >= 4 is 29.0 Å².